The number of alkyl halides is 2. The molecule has 0 spiro atoms. The largest absolute Gasteiger partial charge is 0.479 e. The first-order valence-electron chi connectivity index (χ1n) is 2.69. The highest BCUT2D eigenvalue weighted by atomic mass is 35.5. The summed E-state index contributed by atoms with van der Waals surface area (Å²) in [5.41, 5.74) is -2.01. The standard InChI is InChI=1S/C5H8Cl2O3/c1-2-5(10,3(6)7)4(8)9/h3,10H,2H2,1H3,(H,8,9)/t5-/m1/s1. The number of aliphatic carboxylic acids is 1. The molecular formula is C5H8Cl2O3. The minimum Gasteiger partial charge on any atom is -0.479 e. The van der Waals surface area contributed by atoms with Gasteiger partial charge in [-0.1, -0.05) is 6.92 Å². The molecule has 0 aliphatic heterocycles. The van der Waals surface area contributed by atoms with Crippen LogP contribution in [0.4, 0.5) is 0 Å². The van der Waals surface area contributed by atoms with Crippen LogP contribution in [0.1, 0.15) is 13.3 Å². The van der Waals surface area contributed by atoms with Crippen molar-refractivity contribution in [3.05, 3.63) is 0 Å². The number of rotatable bonds is 3. The van der Waals surface area contributed by atoms with Gasteiger partial charge in [0.05, 0.1) is 0 Å². The summed E-state index contributed by atoms with van der Waals surface area (Å²) in [4.78, 5) is 8.98. The van der Waals surface area contributed by atoms with Crippen LogP contribution in [-0.2, 0) is 4.79 Å². The topological polar surface area (TPSA) is 57.5 Å². The summed E-state index contributed by atoms with van der Waals surface area (Å²) in [6, 6.07) is 0. The van der Waals surface area contributed by atoms with E-state index in [9.17, 15) is 4.79 Å². The molecule has 60 valence electrons. The minimum atomic E-state index is -2.01. The van der Waals surface area contributed by atoms with E-state index in [2.05, 4.69) is 0 Å². The van der Waals surface area contributed by atoms with E-state index in [1.165, 1.54) is 6.92 Å². The zero-order chi connectivity index (χ0) is 8.36. The van der Waals surface area contributed by atoms with Gasteiger partial charge in [-0.3, -0.25) is 0 Å². The van der Waals surface area contributed by atoms with Crippen molar-refractivity contribution in [2.45, 2.75) is 23.8 Å². The van der Waals surface area contributed by atoms with E-state index in [0.717, 1.165) is 0 Å². The summed E-state index contributed by atoms with van der Waals surface area (Å²) >= 11 is 10.4. The Bertz CT molecular complexity index is 137. The lowest BCUT2D eigenvalue weighted by Crippen LogP contribution is -2.43. The Labute approximate surface area is 68.6 Å². The van der Waals surface area contributed by atoms with Crippen LogP contribution in [0.2, 0.25) is 0 Å². The van der Waals surface area contributed by atoms with E-state index in [1.807, 2.05) is 0 Å². The van der Waals surface area contributed by atoms with Crippen molar-refractivity contribution in [3.8, 4) is 0 Å². The highest BCUT2D eigenvalue weighted by molar-refractivity contribution is 6.46. The molecule has 0 heterocycles. The van der Waals surface area contributed by atoms with Gasteiger partial charge in [0.25, 0.3) is 0 Å². The Kier molecular flexibility index (Phi) is 3.42. The quantitative estimate of drug-likeness (QED) is 0.648. The normalized spacial score (nSPS) is 16.9. The van der Waals surface area contributed by atoms with Crippen LogP contribution in [0.15, 0.2) is 0 Å². The summed E-state index contributed by atoms with van der Waals surface area (Å²) in [5.74, 6) is -1.40. The third-order valence-corrected chi connectivity index (χ3v) is 1.99. The molecule has 3 nitrogen and oxygen atoms in total. The molecule has 1 atom stereocenters. The highest BCUT2D eigenvalue weighted by Crippen LogP contribution is 2.23. The van der Waals surface area contributed by atoms with E-state index >= 15 is 0 Å². The predicted octanol–water partition coefficient (Wildman–Crippen LogP) is 1.02. The van der Waals surface area contributed by atoms with E-state index < -0.39 is 16.4 Å². The molecule has 2 N–H and O–H groups in total. The van der Waals surface area contributed by atoms with E-state index in [1.54, 1.807) is 0 Å². The maximum Gasteiger partial charge on any atom is 0.338 e. The molecule has 0 saturated carbocycles. The van der Waals surface area contributed by atoms with Crippen LogP contribution in [0.5, 0.6) is 0 Å². The number of aliphatic hydroxyl groups is 1. The summed E-state index contributed by atoms with van der Waals surface area (Å²) in [7, 11) is 0. The first-order chi connectivity index (χ1) is 4.45. The molecule has 0 aromatic heterocycles. The first-order valence-corrected chi connectivity index (χ1v) is 3.56. The van der Waals surface area contributed by atoms with Crippen molar-refractivity contribution in [1.29, 1.82) is 0 Å². The van der Waals surface area contributed by atoms with Gasteiger partial charge in [-0.2, -0.15) is 0 Å². The van der Waals surface area contributed by atoms with Gasteiger partial charge in [0.15, 0.2) is 5.60 Å². The lowest BCUT2D eigenvalue weighted by molar-refractivity contribution is -0.157. The van der Waals surface area contributed by atoms with Crippen molar-refractivity contribution < 1.29 is 15.0 Å². The van der Waals surface area contributed by atoms with Gasteiger partial charge in [0.1, 0.15) is 4.84 Å². The molecule has 0 radical (unpaired) electrons. The minimum absolute atomic E-state index is 0.0139. The van der Waals surface area contributed by atoms with Crippen LogP contribution < -0.4 is 0 Å². The predicted molar refractivity (Wildman–Crippen MR) is 38.4 cm³/mol. The molecule has 0 aliphatic carbocycles. The van der Waals surface area contributed by atoms with Crippen LogP contribution >= 0.6 is 23.2 Å². The average molecular weight is 187 g/mol. The van der Waals surface area contributed by atoms with Crippen molar-refractivity contribution in [2.75, 3.05) is 0 Å². The molecule has 0 fully saturated rings. The third-order valence-electron chi connectivity index (χ3n) is 1.27. The third kappa shape index (κ3) is 1.75. The fraction of sp³-hybridized carbons (Fsp3) is 0.800. The van der Waals surface area contributed by atoms with Crippen LogP contribution in [0.25, 0.3) is 0 Å². The summed E-state index contributed by atoms with van der Waals surface area (Å²) in [6.07, 6.45) is -0.0139. The molecule has 0 amide bonds. The number of hydrogen-bond acceptors (Lipinski definition) is 2. The number of hydrogen-bond donors (Lipinski definition) is 2. The number of carboxylic acids is 1. The Morgan fingerprint density at radius 2 is 2.10 bits per heavy atom. The zero-order valence-electron chi connectivity index (χ0n) is 5.34. The van der Waals surface area contributed by atoms with Crippen molar-refractivity contribution in [3.63, 3.8) is 0 Å². The molecule has 0 saturated heterocycles. The van der Waals surface area contributed by atoms with Crippen molar-refractivity contribution >= 4 is 29.2 Å². The van der Waals surface area contributed by atoms with E-state index in [4.69, 9.17) is 33.4 Å². The fourth-order valence-electron chi connectivity index (χ4n) is 0.399. The molecule has 0 rings (SSSR count). The average Bonchev–Trinajstić information content (AvgIpc) is 1.85. The summed E-state index contributed by atoms with van der Waals surface area (Å²) in [5, 5.41) is 17.5. The van der Waals surface area contributed by atoms with Crippen molar-refractivity contribution in [1.82, 2.24) is 0 Å². The summed E-state index contributed by atoms with van der Waals surface area (Å²) < 4.78 is 0. The lowest BCUT2D eigenvalue weighted by Gasteiger charge is -2.21. The van der Waals surface area contributed by atoms with E-state index in [-0.39, 0.29) is 6.42 Å². The van der Waals surface area contributed by atoms with Gasteiger partial charge in [0.2, 0.25) is 0 Å². The van der Waals surface area contributed by atoms with Gasteiger partial charge >= 0.3 is 5.97 Å². The Hall–Kier alpha value is 0.01000. The maximum absolute atomic E-state index is 10.3. The van der Waals surface area contributed by atoms with Gasteiger partial charge in [-0.15, -0.1) is 23.2 Å². The molecular weight excluding hydrogens is 179 g/mol. The number of halogens is 2. The highest BCUT2D eigenvalue weighted by Gasteiger charge is 2.40. The van der Waals surface area contributed by atoms with Gasteiger partial charge in [-0.05, 0) is 6.42 Å². The van der Waals surface area contributed by atoms with Crippen molar-refractivity contribution in [2.24, 2.45) is 0 Å². The Morgan fingerprint density at radius 1 is 1.70 bits per heavy atom. The lowest BCUT2D eigenvalue weighted by atomic mass is 10.0. The SMILES string of the molecule is CC[C@](O)(C(=O)O)C(Cl)Cl. The second kappa shape index (κ2) is 3.42. The molecule has 5 heteroatoms. The van der Waals surface area contributed by atoms with E-state index in [0.29, 0.717) is 0 Å². The van der Waals surface area contributed by atoms with Gasteiger partial charge in [0, 0.05) is 0 Å². The number of carboxylic acid groups (broad SMARTS) is 1. The monoisotopic (exact) mass is 186 g/mol. The van der Waals surface area contributed by atoms with Crippen LogP contribution in [-0.4, -0.2) is 26.6 Å². The van der Waals surface area contributed by atoms with Gasteiger partial charge in [-0.25, -0.2) is 4.79 Å². The number of carbonyl (C=O) groups is 1. The smallest absolute Gasteiger partial charge is 0.338 e. The maximum atomic E-state index is 10.3. The molecule has 0 aliphatic rings. The van der Waals surface area contributed by atoms with Crippen LogP contribution in [0.3, 0.4) is 0 Å². The van der Waals surface area contributed by atoms with Gasteiger partial charge < -0.3 is 10.2 Å². The fourth-order valence-corrected chi connectivity index (χ4v) is 0.894. The second-order valence-electron chi connectivity index (χ2n) is 1.88. The molecule has 10 heavy (non-hydrogen) atoms. The van der Waals surface area contributed by atoms with Crippen LogP contribution in [0, 0.1) is 0 Å². The zero-order valence-corrected chi connectivity index (χ0v) is 6.85. The molecule has 0 bridgehead atoms. The first kappa shape index (κ1) is 10.0. The second-order valence-corrected chi connectivity index (χ2v) is 2.98. The Morgan fingerprint density at radius 3 is 2.10 bits per heavy atom. The molecule has 0 aromatic rings. The molecule has 0 unspecified atom stereocenters. The molecule has 0 aromatic carbocycles. The Balaban J connectivity index is 4.38. The summed E-state index contributed by atoms with van der Waals surface area (Å²) in [6.45, 7) is 1.49.